The first-order chi connectivity index (χ1) is 12.2. The van der Waals surface area contributed by atoms with Crippen molar-refractivity contribution in [3.8, 4) is 0 Å². The topological polar surface area (TPSA) is 65.5 Å². The monoisotopic (exact) mass is 340 g/mol. The second-order valence-electron chi connectivity index (χ2n) is 6.20. The molecule has 3 rings (SSSR count). The molecule has 0 N–H and O–H groups in total. The number of amides is 1. The van der Waals surface area contributed by atoms with Crippen molar-refractivity contribution in [1.29, 1.82) is 0 Å². The molecule has 0 aromatic carbocycles. The standard InChI is InChI=1S/C18H24N6O/c1-22(10-6-16-5-2-3-7-19-16)17(25)15-23-11-13-24(14-12-23)18-20-8-4-9-21-18/h2-5,7-9H,6,10-15H2,1H3. The number of hydrogen-bond acceptors (Lipinski definition) is 6. The normalized spacial score (nSPS) is 15.2. The summed E-state index contributed by atoms with van der Waals surface area (Å²) in [6.45, 7) is 4.52. The summed E-state index contributed by atoms with van der Waals surface area (Å²) in [5.41, 5.74) is 1.01. The first-order valence-corrected chi connectivity index (χ1v) is 8.60. The summed E-state index contributed by atoms with van der Waals surface area (Å²) >= 11 is 0. The third-order valence-corrected chi connectivity index (χ3v) is 4.42. The van der Waals surface area contributed by atoms with E-state index in [1.807, 2.05) is 31.3 Å². The minimum atomic E-state index is 0.153. The SMILES string of the molecule is CN(CCc1ccccn1)C(=O)CN1CCN(c2ncccn2)CC1. The molecule has 3 heterocycles. The quantitative estimate of drug-likeness (QED) is 0.771. The van der Waals surface area contributed by atoms with Gasteiger partial charge in [0.1, 0.15) is 0 Å². The number of carbonyl (C=O) groups is 1. The average Bonchev–Trinajstić information content (AvgIpc) is 2.68. The maximum atomic E-state index is 12.4. The van der Waals surface area contributed by atoms with Gasteiger partial charge in [-0.15, -0.1) is 0 Å². The Labute approximate surface area is 148 Å². The fourth-order valence-electron chi connectivity index (χ4n) is 2.83. The second kappa shape index (κ2) is 8.53. The number of anilines is 1. The minimum Gasteiger partial charge on any atom is -0.344 e. The van der Waals surface area contributed by atoms with Gasteiger partial charge in [0.05, 0.1) is 6.54 Å². The van der Waals surface area contributed by atoms with Crippen molar-refractivity contribution in [1.82, 2.24) is 24.8 Å². The van der Waals surface area contributed by atoms with Gasteiger partial charge in [0.25, 0.3) is 0 Å². The van der Waals surface area contributed by atoms with Crippen molar-refractivity contribution in [2.75, 3.05) is 51.2 Å². The molecule has 7 nitrogen and oxygen atoms in total. The van der Waals surface area contributed by atoms with Crippen LogP contribution in [0.5, 0.6) is 0 Å². The van der Waals surface area contributed by atoms with Crippen LogP contribution in [0.4, 0.5) is 5.95 Å². The second-order valence-corrected chi connectivity index (χ2v) is 6.20. The van der Waals surface area contributed by atoms with E-state index in [2.05, 4.69) is 24.8 Å². The molecule has 0 radical (unpaired) electrons. The Morgan fingerprint density at radius 1 is 1.04 bits per heavy atom. The van der Waals surface area contributed by atoms with E-state index >= 15 is 0 Å². The first kappa shape index (κ1) is 17.3. The third kappa shape index (κ3) is 4.96. The highest BCUT2D eigenvalue weighted by Crippen LogP contribution is 2.09. The van der Waals surface area contributed by atoms with Gasteiger partial charge in [-0.1, -0.05) is 6.07 Å². The van der Waals surface area contributed by atoms with Crippen molar-refractivity contribution in [3.05, 3.63) is 48.5 Å². The molecule has 2 aromatic rings. The molecule has 1 fully saturated rings. The van der Waals surface area contributed by atoms with E-state index in [4.69, 9.17) is 0 Å². The van der Waals surface area contributed by atoms with Crippen LogP contribution >= 0.6 is 0 Å². The van der Waals surface area contributed by atoms with E-state index in [1.165, 1.54) is 0 Å². The molecular weight excluding hydrogens is 316 g/mol. The van der Waals surface area contributed by atoms with E-state index in [0.29, 0.717) is 13.1 Å². The lowest BCUT2D eigenvalue weighted by atomic mass is 10.2. The molecule has 7 heteroatoms. The number of carbonyl (C=O) groups excluding carboxylic acids is 1. The fraction of sp³-hybridized carbons (Fsp3) is 0.444. The summed E-state index contributed by atoms with van der Waals surface area (Å²) < 4.78 is 0. The smallest absolute Gasteiger partial charge is 0.236 e. The number of nitrogens with zero attached hydrogens (tertiary/aromatic N) is 6. The summed E-state index contributed by atoms with van der Waals surface area (Å²) in [5.74, 6) is 0.918. The van der Waals surface area contributed by atoms with Gasteiger partial charge in [-0.25, -0.2) is 9.97 Å². The van der Waals surface area contributed by atoms with Crippen molar-refractivity contribution in [2.45, 2.75) is 6.42 Å². The van der Waals surface area contributed by atoms with Gasteiger partial charge in [0.2, 0.25) is 11.9 Å². The van der Waals surface area contributed by atoms with E-state index in [0.717, 1.165) is 44.2 Å². The van der Waals surface area contributed by atoms with Gasteiger partial charge in [-0.3, -0.25) is 14.7 Å². The molecular formula is C18H24N6O. The Hall–Kier alpha value is -2.54. The average molecular weight is 340 g/mol. The third-order valence-electron chi connectivity index (χ3n) is 4.42. The van der Waals surface area contributed by atoms with Crippen LogP contribution in [0.25, 0.3) is 0 Å². The van der Waals surface area contributed by atoms with Gasteiger partial charge in [-0.05, 0) is 18.2 Å². The predicted molar refractivity (Wildman–Crippen MR) is 96.3 cm³/mol. The molecule has 0 saturated carbocycles. The van der Waals surface area contributed by atoms with Gasteiger partial charge in [0, 0.05) is 70.5 Å². The maximum Gasteiger partial charge on any atom is 0.236 e. The summed E-state index contributed by atoms with van der Waals surface area (Å²) in [4.78, 5) is 31.4. The van der Waals surface area contributed by atoms with Gasteiger partial charge in [0.15, 0.2) is 0 Å². The predicted octanol–water partition coefficient (Wildman–Crippen LogP) is 0.695. The van der Waals surface area contributed by atoms with Crippen LogP contribution in [0.15, 0.2) is 42.9 Å². The highest BCUT2D eigenvalue weighted by Gasteiger charge is 2.21. The summed E-state index contributed by atoms with van der Waals surface area (Å²) in [5, 5.41) is 0. The van der Waals surface area contributed by atoms with E-state index in [-0.39, 0.29) is 5.91 Å². The molecule has 25 heavy (non-hydrogen) atoms. The Bertz CT molecular complexity index is 658. The largest absolute Gasteiger partial charge is 0.344 e. The van der Waals surface area contributed by atoms with Gasteiger partial charge < -0.3 is 9.80 Å². The van der Waals surface area contributed by atoms with Crippen molar-refractivity contribution >= 4 is 11.9 Å². The fourth-order valence-corrected chi connectivity index (χ4v) is 2.83. The number of piperazine rings is 1. The molecule has 1 aliphatic heterocycles. The van der Waals surface area contributed by atoms with Crippen LogP contribution in [0.2, 0.25) is 0 Å². The highest BCUT2D eigenvalue weighted by molar-refractivity contribution is 5.78. The molecule has 2 aromatic heterocycles. The Balaban J connectivity index is 1.41. The van der Waals surface area contributed by atoms with E-state index in [9.17, 15) is 4.79 Å². The van der Waals surface area contributed by atoms with Crippen LogP contribution in [0.3, 0.4) is 0 Å². The zero-order valence-electron chi connectivity index (χ0n) is 14.6. The Morgan fingerprint density at radius 2 is 1.76 bits per heavy atom. The van der Waals surface area contributed by atoms with Crippen LogP contribution in [-0.4, -0.2) is 77.0 Å². The molecule has 0 spiro atoms. The lowest BCUT2D eigenvalue weighted by Gasteiger charge is -2.34. The van der Waals surface area contributed by atoms with Crippen LogP contribution in [0, 0.1) is 0 Å². The van der Waals surface area contributed by atoms with Crippen LogP contribution in [0.1, 0.15) is 5.69 Å². The van der Waals surface area contributed by atoms with Crippen LogP contribution in [-0.2, 0) is 11.2 Å². The molecule has 0 atom stereocenters. The van der Waals surface area contributed by atoms with Gasteiger partial charge >= 0.3 is 0 Å². The van der Waals surface area contributed by atoms with Crippen molar-refractivity contribution < 1.29 is 4.79 Å². The zero-order valence-corrected chi connectivity index (χ0v) is 14.6. The molecule has 1 amide bonds. The number of rotatable bonds is 6. The lowest BCUT2D eigenvalue weighted by Crippen LogP contribution is -2.50. The molecule has 1 saturated heterocycles. The lowest BCUT2D eigenvalue weighted by molar-refractivity contribution is -0.131. The van der Waals surface area contributed by atoms with E-state index in [1.54, 1.807) is 23.5 Å². The first-order valence-electron chi connectivity index (χ1n) is 8.60. The minimum absolute atomic E-state index is 0.153. The summed E-state index contributed by atoms with van der Waals surface area (Å²) in [6, 6.07) is 7.68. The van der Waals surface area contributed by atoms with E-state index < -0.39 is 0 Å². The Kier molecular flexibility index (Phi) is 5.90. The van der Waals surface area contributed by atoms with Crippen molar-refractivity contribution in [2.24, 2.45) is 0 Å². The maximum absolute atomic E-state index is 12.4. The summed E-state index contributed by atoms with van der Waals surface area (Å²) in [7, 11) is 1.86. The number of aromatic nitrogens is 3. The molecule has 0 aliphatic carbocycles. The molecule has 0 unspecified atom stereocenters. The molecule has 132 valence electrons. The number of likely N-dealkylation sites (N-methyl/N-ethyl adjacent to an activating group) is 1. The van der Waals surface area contributed by atoms with Crippen LogP contribution < -0.4 is 4.90 Å². The highest BCUT2D eigenvalue weighted by atomic mass is 16.2. The Morgan fingerprint density at radius 3 is 2.44 bits per heavy atom. The molecule has 1 aliphatic rings. The number of hydrogen-bond donors (Lipinski definition) is 0. The van der Waals surface area contributed by atoms with Gasteiger partial charge in [-0.2, -0.15) is 0 Å². The summed E-state index contributed by atoms with van der Waals surface area (Å²) in [6.07, 6.45) is 6.08. The zero-order chi connectivity index (χ0) is 17.5. The van der Waals surface area contributed by atoms with Crippen molar-refractivity contribution in [3.63, 3.8) is 0 Å². The molecule has 0 bridgehead atoms. The number of pyridine rings is 1.